The molecule has 11 heteroatoms. The molecule has 0 saturated carbocycles. The Labute approximate surface area is 226 Å². The van der Waals surface area contributed by atoms with Gasteiger partial charge in [0.15, 0.2) is 11.1 Å². The maximum atomic E-state index is 12.0. The van der Waals surface area contributed by atoms with Gasteiger partial charge in [0.1, 0.15) is 22.8 Å². The number of benzene rings is 1. The number of anilines is 1. The van der Waals surface area contributed by atoms with Crippen molar-refractivity contribution in [3.05, 3.63) is 51.6 Å². The van der Waals surface area contributed by atoms with Crippen LogP contribution in [0, 0.1) is 0 Å². The minimum absolute atomic E-state index is 0.200. The molecule has 10 nitrogen and oxygen atoms in total. The minimum Gasteiger partial charge on any atom is -0.497 e. The number of carbonyl (C=O) groups excluding carboxylic acids is 1. The molecule has 2 N–H and O–H groups in total. The number of amides is 2. The largest absolute Gasteiger partial charge is 0.497 e. The molecule has 2 heterocycles. The van der Waals surface area contributed by atoms with Crippen molar-refractivity contribution in [2.45, 2.75) is 32.3 Å². The first-order valence-electron chi connectivity index (χ1n) is 12.7. The highest BCUT2D eigenvalue weighted by Gasteiger charge is 2.20. The molecule has 1 aromatic carbocycles. The molecular weight excluding hydrogens is 512 g/mol. The van der Waals surface area contributed by atoms with E-state index in [0.29, 0.717) is 78.6 Å². The lowest BCUT2D eigenvalue weighted by molar-refractivity contribution is -0.679. The van der Waals surface area contributed by atoms with Crippen LogP contribution in [0.25, 0.3) is 12.2 Å². The van der Waals surface area contributed by atoms with Crippen LogP contribution in [-0.2, 0) is 26.0 Å². The first-order chi connectivity index (χ1) is 18.5. The number of urea groups is 1. The quantitative estimate of drug-likeness (QED) is 0.312. The number of nitrogens with one attached hydrogen (secondary N) is 2. The van der Waals surface area contributed by atoms with Crippen molar-refractivity contribution in [2.75, 3.05) is 45.4 Å². The molecule has 1 fully saturated rings. The van der Waals surface area contributed by atoms with Crippen molar-refractivity contribution < 1.29 is 33.0 Å². The summed E-state index contributed by atoms with van der Waals surface area (Å²) in [7, 11) is 3.48. The van der Waals surface area contributed by atoms with Crippen molar-refractivity contribution in [1.29, 1.82) is 0 Å². The Bertz CT molecular complexity index is 1300. The zero-order valence-corrected chi connectivity index (χ0v) is 22.7. The molecule has 1 aliphatic heterocycles. The standard InChI is InChI=1S/C27H33ClN4O6/c1-4-10-29-27(33)31-22-8-6-18(13-21(22)28)38-26-20-7-9-24(34-3)25(14-23(20)30-17-32(26)2)37-12-5-11-36-19-15-35-16-19/h6-8,13-14,17,19H,4-5,9-12,15-16H2,1-3H3,(H-,29,31,33)/p+1. The van der Waals surface area contributed by atoms with E-state index in [1.807, 2.05) is 26.1 Å². The molecule has 2 aromatic rings. The number of hydrogen-bond donors (Lipinski definition) is 2. The number of carbonyl (C=O) groups is 1. The van der Waals surface area contributed by atoms with Crippen LogP contribution in [0.15, 0.2) is 36.0 Å². The van der Waals surface area contributed by atoms with Crippen molar-refractivity contribution in [3.8, 4) is 11.6 Å². The Balaban J connectivity index is 1.49. The predicted molar refractivity (Wildman–Crippen MR) is 142 cm³/mol. The van der Waals surface area contributed by atoms with Gasteiger partial charge in [-0.3, -0.25) is 0 Å². The van der Waals surface area contributed by atoms with Gasteiger partial charge in [0, 0.05) is 31.5 Å². The van der Waals surface area contributed by atoms with Crippen molar-refractivity contribution in [1.82, 2.24) is 10.3 Å². The van der Waals surface area contributed by atoms with Gasteiger partial charge in [0.05, 0.1) is 51.3 Å². The number of hydrogen-bond acceptors (Lipinski definition) is 7. The summed E-state index contributed by atoms with van der Waals surface area (Å²) >= 11 is 6.43. The van der Waals surface area contributed by atoms with Crippen LogP contribution >= 0.6 is 11.6 Å². The number of aryl methyl sites for hydroxylation is 1. The van der Waals surface area contributed by atoms with E-state index in [4.69, 9.17) is 35.3 Å². The second-order valence-electron chi connectivity index (χ2n) is 8.86. The molecule has 4 rings (SSSR count). The van der Waals surface area contributed by atoms with Gasteiger partial charge >= 0.3 is 11.9 Å². The number of methoxy groups -OCH3 is 1. The van der Waals surface area contributed by atoms with Gasteiger partial charge in [-0.2, -0.15) is 0 Å². The summed E-state index contributed by atoms with van der Waals surface area (Å²) in [5, 5.41) is 7.36. The van der Waals surface area contributed by atoms with Crippen LogP contribution in [0.1, 0.15) is 26.2 Å². The van der Waals surface area contributed by atoms with Gasteiger partial charge in [-0.25, -0.2) is 9.36 Å². The minimum atomic E-state index is -0.307. The first kappa shape index (κ1) is 27.7. The average Bonchev–Trinajstić information content (AvgIpc) is 3.06. The lowest BCUT2D eigenvalue weighted by Gasteiger charge is -2.25. The van der Waals surface area contributed by atoms with Gasteiger partial charge in [0.2, 0.25) is 0 Å². The van der Waals surface area contributed by atoms with E-state index in [2.05, 4.69) is 15.6 Å². The summed E-state index contributed by atoms with van der Waals surface area (Å²) in [5.41, 5.74) is 0.493. The summed E-state index contributed by atoms with van der Waals surface area (Å²) in [6.07, 6.45) is 7.83. The number of fused-ring (bicyclic) bond motifs is 1. The molecule has 1 aliphatic carbocycles. The van der Waals surface area contributed by atoms with Gasteiger partial charge < -0.3 is 34.3 Å². The number of nitrogens with zero attached hydrogens (tertiary/aromatic N) is 2. The summed E-state index contributed by atoms with van der Waals surface area (Å²) in [5.74, 6) is 2.42. The fourth-order valence-electron chi connectivity index (χ4n) is 3.79. The van der Waals surface area contributed by atoms with Gasteiger partial charge in [-0.15, -0.1) is 0 Å². The summed E-state index contributed by atoms with van der Waals surface area (Å²) in [6.45, 7) is 4.99. The lowest BCUT2D eigenvalue weighted by Crippen LogP contribution is -2.44. The lowest BCUT2D eigenvalue weighted by atomic mass is 10.3. The monoisotopic (exact) mass is 545 g/mol. The third-order valence-electron chi connectivity index (χ3n) is 5.92. The van der Waals surface area contributed by atoms with E-state index in [9.17, 15) is 4.79 Å². The molecule has 2 aliphatic rings. The van der Waals surface area contributed by atoms with E-state index in [0.717, 1.165) is 18.1 Å². The molecular formula is C27H34ClN4O6+. The number of aromatic nitrogens is 2. The highest BCUT2D eigenvalue weighted by atomic mass is 35.5. The maximum absolute atomic E-state index is 12.0. The molecule has 0 radical (unpaired) electrons. The Morgan fingerprint density at radius 3 is 2.84 bits per heavy atom. The fourth-order valence-corrected chi connectivity index (χ4v) is 4.01. The number of rotatable bonds is 12. The van der Waals surface area contributed by atoms with Crippen LogP contribution in [0.4, 0.5) is 10.5 Å². The Morgan fingerprint density at radius 2 is 2.13 bits per heavy atom. The van der Waals surface area contributed by atoms with Crippen molar-refractivity contribution >= 4 is 35.5 Å². The van der Waals surface area contributed by atoms with E-state index in [1.165, 1.54) is 0 Å². The van der Waals surface area contributed by atoms with Gasteiger partial charge in [-0.1, -0.05) is 24.6 Å². The molecule has 0 unspecified atom stereocenters. The molecule has 0 spiro atoms. The van der Waals surface area contributed by atoms with Crippen LogP contribution in [-0.4, -0.2) is 57.2 Å². The number of allylic oxidation sites excluding steroid dienone is 2. The average molecular weight is 546 g/mol. The Morgan fingerprint density at radius 1 is 1.29 bits per heavy atom. The molecule has 2 amide bonds. The second-order valence-corrected chi connectivity index (χ2v) is 9.27. The summed E-state index contributed by atoms with van der Waals surface area (Å²) in [6, 6.07) is 4.81. The Kier molecular flexibility index (Phi) is 9.80. The zero-order chi connectivity index (χ0) is 26.9. The zero-order valence-electron chi connectivity index (χ0n) is 21.9. The third kappa shape index (κ3) is 7.15. The van der Waals surface area contributed by atoms with Crippen molar-refractivity contribution in [2.24, 2.45) is 7.05 Å². The topological polar surface area (TPSA) is 104 Å². The molecule has 38 heavy (non-hydrogen) atoms. The molecule has 1 saturated heterocycles. The second kappa shape index (κ2) is 13.5. The molecule has 0 atom stereocenters. The molecule has 0 bridgehead atoms. The van der Waals surface area contributed by atoms with E-state index >= 15 is 0 Å². The maximum Gasteiger partial charge on any atom is 0.319 e. The predicted octanol–water partition coefficient (Wildman–Crippen LogP) is 2.53. The summed E-state index contributed by atoms with van der Waals surface area (Å²) in [4.78, 5) is 16.6. The highest BCUT2D eigenvalue weighted by molar-refractivity contribution is 6.33. The van der Waals surface area contributed by atoms with Crippen LogP contribution in [0.5, 0.6) is 11.6 Å². The van der Waals surface area contributed by atoms with Crippen LogP contribution in [0.2, 0.25) is 5.02 Å². The SMILES string of the molecule is CCCNC(=O)Nc1ccc(Oc2c3c(nc[n+]2C)=CC(OCCCOC2COC2)=C(OC)CC=3)cc1Cl. The van der Waals surface area contributed by atoms with Crippen LogP contribution in [0.3, 0.4) is 0 Å². The van der Waals surface area contributed by atoms with E-state index in [1.54, 1.807) is 36.2 Å². The van der Waals surface area contributed by atoms with E-state index in [-0.39, 0.29) is 12.1 Å². The van der Waals surface area contributed by atoms with Crippen LogP contribution < -0.4 is 30.5 Å². The molecule has 1 aromatic heterocycles. The number of ether oxygens (including phenoxy) is 5. The molecule has 204 valence electrons. The Hall–Kier alpha value is -3.34. The third-order valence-corrected chi connectivity index (χ3v) is 6.24. The smallest absolute Gasteiger partial charge is 0.319 e. The normalized spacial score (nSPS) is 14.8. The van der Waals surface area contributed by atoms with Crippen molar-refractivity contribution in [3.63, 3.8) is 0 Å². The highest BCUT2D eigenvalue weighted by Crippen LogP contribution is 2.28. The summed E-state index contributed by atoms with van der Waals surface area (Å²) < 4.78 is 30.6. The van der Waals surface area contributed by atoms with Gasteiger partial charge in [-0.05, 0) is 23.5 Å². The fraction of sp³-hybridized carbons (Fsp3) is 0.444. The van der Waals surface area contributed by atoms with E-state index < -0.39 is 0 Å². The first-order valence-corrected chi connectivity index (χ1v) is 13.0. The van der Waals surface area contributed by atoms with Gasteiger partial charge in [0.25, 0.3) is 6.33 Å². The number of halogens is 1.